The third-order valence-corrected chi connectivity index (χ3v) is 3.63. The van der Waals surface area contributed by atoms with Gasteiger partial charge in [0.25, 0.3) is 0 Å². The Balaban J connectivity index is 2.54. The zero-order valence-corrected chi connectivity index (χ0v) is 11.4. The van der Waals surface area contributed by atoms with Crippen LogP contribution in [-0.4, -0.2) is 11.2 Å². The maximum atomic E-state index is 11.1. The Labute approximate surface area is 107 Å². The number of rotatable bonds is 5. The first kappa shape index (κ1) is 14.1. The van der Waals surface area contributed by atoms with E-state index in [0.717, 1.165) is 0 Å². The van der Waals surface area contributed by atoms with Crippen molar-refractivity contribution in [2.24, 2.45) is 5.84 Å². The third kappa shape index (κ3) is 4.79. The summed E-state index contributed by atoms with van der Waals surface area (Å²) in [6.07, 6.45) is 0.438. The Morgan fingerprint density at radius 1 is 1.29 bits per heavy atom. The van der Waals surface area contributed by atoms with Gasteiger partial charge in [0.2, 0.25) is 5.91 Å². The van der Waals surface area contributed by atoms with E-state index in [2.05, 4.69) is 43.5 Å². The molecule has 1 amide bonds. The molecule has 0 bridgehead atoms. The average molecular weight is 252 g/mol. The molecule has 0 radical (unpaired) electrons. The highest BCUT2D eigenvalue weighted by Gasteiger charge is 2.09. The maximum Gasteiger partial charge on any atom is 0.234 e. The van der Waals surface area contributed by atoms with Crippen molar-refractivity contribution in [2.75, 3.05) is 0 Å². The number of hydrogen-bond donors (Lipinski definition) is 2. The van der Waals surface area contributed by atoms with E-state index in [1.165, 1.54) is 10.5 Å². The Hall–Kier alpha value is -1.00. The molecule has 0 saturated heterocycles. The van der Waals surface area contributed by atoms with Crippen LogP contribution in [0.4, 0.5) is 0 Å². The summed E-state index contributed by atoms with van der Waals surface area (Å²) in [4.78, 5) is 12.3. The summed E-state index contributed by atoms with van der Waals surface area (Å²) in [5.74, 6) is 5.49. The number of hydrogen-bond acceptors (Lipinski definition) is 3. The predicted octanol–water partition coefficient (Wildman–Crippen LogP) is 2.67. The van der Waals surface area contributed by atoms with Crippen LogP contribution in [0, 0.1) is 0 Å². The van der Waals surface area contributed by atoms with Gasteiger partial charge in [-0.1, -0.05) is 32.9 Å². The number of carbonyl (C=O) groups is 1. The standard InChI is InChI=1S/C13H20N2OS/c1-9(2)11-4-6-12(7-5-11)17-10(3)8-13(16)15-14/h4-7,9-10H,8,14H2,1-3H3,(H,15,16). The van der Waals surface area contributed by atoms with E-state index < -0.39 is 0 Å². The summed E-state index contributed by atoms with van der Waals surface area (Å²) < 4.78 is 0. The number of thioether (sulfide) groups is 1. The van der Waals surface area contributed by atoms with Gasteiger partial charge in [0.05, 0.1) is 0 Å². The van der Waals surface area contributed by atoms with Gasteiger partial charge in [0.1, 0.15) is 0 Å². The minimum Gasteiger partial charge on any atom is -0.294 e. The minimum absolute atomic E-state index is 0.121. The van der Waals surface area contributed by atoms with Crippen LogP contribution in [0.25, 0.3) is 0 Å². The monoisotopic (exact) mass is 252 g/mol. The normalized spacial score (nSPS) is 12.5. The molecule has 1 unspecified atom stereocenters. The average Bonchev–Trinajstić information content (AvgIpc) is 2.29. The molecule has 94 valence electrons. The Kier molecular flexibility index (Phi) is 5.51. The quantitative estimate of drug-likeness (QED) is 0.366. The molecule has 1 atom stereocenters. The topological polar surface area (TPSA) is 55.1 Å². The summed E-state index contributed by atoms with van der Waals surface area (Å²) in [7, 11) is 0. The molecule has 0 aliphatic heterocycles. The number of carbonyl (C=O) groups excluding carboxylic acids is 1. The fourth-order valence-electron chi connectivity index (χ4n) is 1.53. The molecule has 3 N–H and O–H groups in total. The summed E-state index contributed by atoms with van der Waals surface area (Å²) >= 11 is 1.69. The van der Waals surface area contributed by atoms with Crippen molar-refractivity contribution >= 4 is 17.7 Å². The van der Waals surface area contributed by atoms with Crippen LogP contribution in [0.5, 0.6) is 0 Å². The SMILES string of the molecule is CC(CC(=O)NN)Sc1ccc(C(C)C)cc1. The van der Waals surface area contributed by atoms with E-state index in [-0.39, 0.29) is 11.2 Å². The first-order chi connectivity index (χ1) is 8.02. The lowest BCUT2D eigenvalue weighted by molar-refractivity contribution is -0.121. The molecule has 3 nitrogen and oxygen atoms in total. The van der Waals surface area contributed by atoms with Crippen LogP contribution in [-0.2, 0) is 4.79 Å². The number of nitrogens with two attached hydrogens (primary N) is 1. The lowest BCUT2D eigenvalue weighted by atomic mass is 10.0. The second-order valence-electron chi connectivity index (χ2n) is 4.42. The molecule has 1 rings (SSSR count). The van der Waals surface area contributed by atoms with Crippen LogP contribution < -0.4 is 11.3 Å². The van der Waals surface area contributed by atoms with Crippen LogP contribution >= 0.6 is 11.8 Å². The van der Waals surface area contributed by atoms with Crippen molar-refractivity contribution in [1.82, 2.24) is 5.43 Å². The number of amides is 1. The molecule has 0 heterocycles. The van der Waals surface area contributed by atoms with E-state index in [4.69, 9.17) is 5.84 Å². The third-order valence-electron chi connectivity index (χ3n) is 2.52. The van der Waals surface area contributed by atoms with Crippen LogP contribution in [0.3, 0.4) is 0 Å². The molecule has 0 aromatic heterocycles. The van der Waals surface area contributed by atoms with Crippen molar-refractivity contribution in [1.29, 1.82) is 0 Å². The summed E-state index contributed by atoms with van der Waals surface area (Å²) in [5, 5.41) is 0.225. The van der Waals surface area contributed by atoms with Gasteiger partial charge in [-0.3, -0.25) is 10.2 Å². The molecule has 4 heteroatoms. The maximum absolute atomic E-state index is 11.1. The van der Waals surface area contributed by atoms with E-state index in [9.17, 15) is 4.79 Å². The zero-order chi connectivity index (χ0) is 12.8. The molecule has 0 aliphatic rings. The van der Waals surface area contributed by atoms with Gasteiger partial charge >= 0.3 is 0 Å². The Bertz CT molecular complexity index is 362. The predicted molar refractivity (Wildman–Crippen MR) is 72.8 cm³/mol. The molecule has 0 spiro atoms. The molecular weight excluding hydrogens is 232 g/mol. The minimum atomic E-state index is -0.121. The number of nitrogens with one attached hydrogen (secondary N) is 1. The fourth-order valence-corrected chi connectivity index (χ4v) is 2.52. The van der Waals surface area contributed by atoms with E-state index in [1.807, 2.05) is 6.92 Å². The van der Waals surface area contributed by atoms with Gasteiger partial charge in [-0.2, -0.15) is 0 Å². The smallest absolute Gasteiger partial charge is 0.234 e. The summed E-state index contributed by atoms with van der Waals surface area (Å²) in [6.45, 7) is 6.38. The molecular formula is C13H20N2OS. The van der Waals surface area contributed by atoms with E-state index >= 15 is 0 Å². The summed E-state index contributed by atoms with van der Waals surface area (Å²) in [5.41, 5.74) is 3.49. The first-order valence-corrected chi connectivity index (χ1v) is 6.67. The Morgan fingerprint density at radius 3 is 2.35 bits per heavy atom. The van der Waals surface area contributed by atoms with Gasteiger partial charge in [0, 0.05) is 16.6 Å². The first-order valence-electron chi connectivity index (χ1n) is 5.79. The second kappa shape index (κ2) is 6.67. The van der Waals surface area contributed by atoms with Gasteiger partial charge in [-0.05, 0) is 23.6 Å². The number of hydrazine groups is 1. The highest BCUT2D eigenvalue weighted by molar-refractivity contribution is 8.00. The lowest BCUT2D eigenvalue weighted by Crippen LogP contribution is -2.31. The van der Waals surface area contributed by atoms with Gasteiger partial charge in [-0.25, -0.2) is 5.84 Å². The van der Waals surface area contributed by atoms with Crippen molar-refractivity contribution in [2.45, 2.75) is 43.3 Å². The van der Waals surface area contributed by atoms with Crippen LogP contribution in [0.2, 0.25) is 0 Å². The highest BCUT2D eigenvalue weighted by atomic mass is 32.2. The van der Waals surface area contributed by atoms with Crippen molar-refractivity contribution < 1.29 is 4.79 Å². The van der Waals surface area contributed by atoms with Crippen molar-refractivity contribution in [3.63, 3.8) is 0 Å². The van der Waals surface area contributed by atoms with Gasteiger partial charge in [-0.15, -0.1) is 11.8 Å². The highest BCUT2D eigenvalue weighted by Crippen LogP contribution is 2.26. The molecule has 0 fully saturated rings. The number of benzene rings is 1. The Morgan fingerprint density at radius 2 is 1.88 bits per heavy atom. The van der Waals surface area contributed by atoms with Gasteiger partial charge in [0.15, 0.2) is 0 Å². The van der Waals surface area contributed by atoms with E-state index in [0.29, 0.717) is 12.3 Å². The molecule has 0 saturated carbocycles. The molecule has 1 aromatic rings. The lowest BCUT2D eigenvalue weighted by Gasteiger charge is -2.11. The van der Waals surface area contributed by atoms with Crippen molar-refractivity contribution in [3.05, 3.63) is 29.8 Å². The van der Waals surface area contributed by atoms with Crippen LogP contribution in [0.1, 0.15) is 38.7 Å². The largest absolute Gasteiger partial charge is 0.294 e. The van der Waals surface area contributed by atoms with E-state index in [1.54, 1.807) is 11.8 Å². The summed E-state index contributed by atoms with van der Waals surface area (Å²) in [6, 6.07) is 8.50. The van der Waals surface area contributed by atoms with Crippen LogP contribution in [0.15, 0.2) is 29.2 Å². The van der Waals surface area contributed by atoms with Crippen molar-refractivity contribution in [3.8, 4) is 0 Å². The second-order valence-corrected chi connectivity index (χ2v) is 5.94. The molecule has 0 aliphatic carbocycles. The molecule has 17 heavy (non-hydrogen) atoms. The zero-order valence-electron chi connectivity index (χ0n) is 10.6. The molecule has 1 aromatic carbocycles. The van der Waals surface area contributed by atoms with Gasteiger partial charge < -0.3 is 0 Å². The fraction of sp³-hybridized carbons (Fsp3) is 0.462.